The number of hydroxylamine groups is 1. The van der Waals surface area contributed by atoms with Gasteiger partial charge in [-0.1, -0.05) is 42.1 Å². The minimum atomic E-state index is -0.536. The number of rotatable bonds is 7. The largest absolute Gasteiger partial charge is 0.444 e. The molecular formula is C29H33N5O5S3. The SMILES string of the molecule is CC(C)(C)OC(=O)N1CCC(C2=NC(c3ccccc3)C(C(=O)Nc3nc(-c4ccc(CC(=O)NO)s4)cs3)S2)CC1. The third kappa shape index (κ3) is 7.38. The van der Waals surface area contributed by atoms with Crippen LogP contribution in [0.1, 0.15) is 50.1 Å². The topological polar surface area (TPSA) is 133 Å². The van der Waals surface area contributed by atoms with Gasteiger partial charge in [0.15, 0.2) is 5.13 Å². The van der Waals surface area contributed by atoms with E-state index in [0.717, 1.165) is 33.2 Å². The molecule has 1 fully saturated rings. The Morgan fingerprint density at radius 3 is 2.52 bits per heavy atom. The van der Waals surface area contributed by atoms with Crippen molar-refractivity contribution >= 4 is 62.5 Å². The molecule has 0 aliphatic carbocycles. The predicted octanol–water partition coefficient (Wildman–Crippen LogP) is 5.76. The van der Waals surface area contributed by atoms with E-state index >= 15 is 0 Å². The second kappa shape index (κ2) is 12.9. The molecule has 2 aliphatic rings. The zero-order valence-corrected chi connectivity index (χ0v) is 26.0. The van der Waals surface area contributed by atoms with Gasteiger partial charge in [0.05, 0.1) is 28.1 Å². The summed E-state index contributed by atoms with van der Waals surface area (Å²) < 4.78 is 5.54. The molecule has 2 atom stereocenters. The highest BCUT2D eigenvalue weighted by atomic mass is 32.2. The monoisotopic (exact) mass is 627 g/mol. The first-order valence-corrected chi connectivity index (χ1v) is 16.2. The highest BCUT2D eigenvalue weighted by Gasteiger charge is 2.40. The van der Waals surface area contributed by atoms with Gasteiger partial charge >= 0.3 is 6.09 Å². The molecule has 42 heavy (non-hydrogen) atoms. The number of aromatic nitrogens is 1. The van der Waals surface area contributed by atoms with Crippen molar-refractivity contribution in [1.82, 2.24) is 15.4 Å². The van der Waals surface area contributed by atoms with Crippen molar-refractivity contribution in [1.29, 1.82) is 0 Å². The summed E-state index contributed by atoms with van der Waals surface area (Å²) in [5.41, 5.74) is 2.79. The van der Waals surface area contributed by atoms with Crippen LogP contribution in [0.25, 0.3) is 10.6 Å². The molecular weight excluding hydrogens is 595 g/mol. The van der Waals surface area contributed by atoms with E-state index < -0.39 is 16.8 Å². The lowest BCUT2D eigenvalue weighted by Crippen LogP contribution is -2.42. The lowest BCUT2D eigenvalue weighted by atomic mass is 9.97. The van der Waals surface area contributed by atoms with Gasteiger partial charge in [0.25, 0.3) is 0 Å². The maximum atomic E-state index is 13.6. The lowest BCUT2D eigenvalue weighted by molar-refractivity contribution is -0.128. The quantitative estimate of drug-likeness (QED) is 0.224. The van der Waals surface area contributed by atoms with E-state index in [1.807, 2.05) is 68.6 Å². The Bertz CT molecular complexity index is 1460. The number of thiazole rings is 1. The summed E-state index contributed by atoms with van der Waals surface area (Å²) in [6.07, 6.45) is 1.31. The summed E-state index contributed by atoms with van der Waals surface area (Å²) in [6.45, 7) is 6.77. The predicted molar refractivity (Wildman–Crippen MR) is 166 cm³/mol. The summed E-state index contributed by atoms with van der Waals surface area (Å²) in [5, 5.41) is 14.6. The summed E-state index contributed by atoms with van der Waals surface area (Å²) in [7, 11) is 0. The van der Waals surface area contributed by atoms with E-state index in [4.69, 9.17) is 14.9 Å². The molecule has 0 bridgehead atoms. The first kappa shape index (κ1) is 30.2. The second-order valence-corrected chi connectivity index (χ2v) is 14.3. The standard InChI is InChI=1S/C29H33N5O5S3/c1-29(2,3)39-28(37)34-13-11-18(12-14-34)26-31-23(17-7-5-4-6-8-17)24(42-26)25(36)32-27-30-20(16-40-27)21-10-9-19(41-21)15-22(35)33-38/h4-10,16,18,23-24,38H,11-15H2,1-3H3,(H,33,35)(H,30,32,36). The average Bonchev–Trinajstić information content (AvgIpc) is 3.73. The Morgan fingerprint density at radius 1 is 1.10 bits per heavy atom. The van der Waals surface area contributed by atoms with Crippen LogP contribution in [0.2, 0.25) is 0 Å². The number of anilines is 1. The summed E-state index contributed by atoms with van der Waals surface area (Å²) in [6, 6.07) is 13.2. The molecule has 4 heterocycles. The average molecular weight is 628 g/mol. The van der Waals surface area contributed by atoms with Gasteiger partial charge < -0.3 is 15.0 Å². The van der Waals surface area contributed by atoms with Crippen molar-refractivity contribution in [3.05, 3.63) is 58.3 Å². The fraction of sp³-hybridized carbons (Fsp3) is 0.414. The van der Waals surface area contributed by atoms with E-state index in [-0.39, 0.29) is 30.4 Å². The number of nitrogens with zero attached hydrogens (tertiary/aromatic N) is 3. The third-order valence-corrected chi connectivity index (χ3v) is 10.1. The Morgan fingerprint density at radius 2 is 1.83 bits per heavy atom. The maximum Gasteiger partial charge on any atom is 0.410 e. The van der Waals surface area contributed by atoms with Crippen molar-refractivity contribution in [3.63, 3.8) is 0 Å². The number of thiophene rings is 1. The first-order chi connectivity index (χ1) is 20.1. The van der Waals surface area contributed by atoms with E-state index in [1.54, 1.807) is 10.4 Å². The normalized spacial score (nSPS) is 19.3. The van der Waals surface area contributed by atoms with Crippen LogP contribution in [-0.4, -0.2) is 62.0 Å². The van der Waals surface area contributed by atoms with Gasteiger partial charge in [0.2, 0.25) is 11.8 Å². The van der Waals surface area contributed by atoms with Gasteiger partial charge in [0, 0.05) is 29.3 Å². The molecule has 2 unspecified atom stereocenters. The molecule has 5 rings (SSSR count). The molecule has 2 aliphatic heterocycles. The Kier molecular flexibility index (Phi) is 9.31. The smallest absolute Gasteiger partial charge is 0.410 e. The highest BCUT2D eigenvalue weighted by molar-refractivity contribution is 8.15. The molecule has 222 valence electrons. The number of benzene rings is 1. The van der Waals surface area contributed by atoms with Crippen molar-refractivity contribution < 1.29 is 24.3 Å². The number of likely N-dealkylation sites (tertiary alicyclic amines) is 1. The second-order valence-electron chi connectivity index (χ2n) is 11.1. The van der Waals surface area contributed by atoms with Crippen LogP contribution in [0.5, 0.6) is 0 Å². The Hall–Kier alpha value is -3.26. The lowest BCUT2D eigenvalue weighted by Gasteiger charge is -2.33. The van der Waals surface area contributed by atoms with E-state index in [9.17, 15) is 14.4 Å². The number of carbonyl (C=O) groups is 3. The number of aliphatic imine (C=N–C) groups is 1. The first-order valence-electron chi connectivity index (χ1n) is 13.7. The maximum absolute atomic E-state index is 13.6. The molecule has 13 heteroatoms. The fourth-order valence-electron chi connectivity index (χ4n) is 4.79. The molecule has 3 amide bonds. The van der Waals surface area contributed by atoms with Crippen molar-refractivity contribution in [3.8, 4) is 10.6 Å². The molecule has 0 radical (unpaired) electrons. The molecule has 0 spiro atoms. The third-order valence-electron chi connectivity index (χ3n) is 6.80. The molecule has 3 N–H and O–H groups in total. The molecule has 3 aromatic rings. The van der Waals surface area contributed by atoms with Crippen molar-refractivity contribution in [2.45, 2.75) is 56.9 Å². The molecule has 0 saturated carbocycles. The van der Waals surface area contributed by atoms with Gasteiger partial charge in [-0.05, 0) is 51.3 Å². The minimum absolute atomic E-state index is 0.0804. The van der Waals surface area contributed by atoms with Crippen molar-refractivity contribution in [2.24, 2.45) is 10.9 Å². The van der Waals surface area contributed by atoms with Crippen LogP contribution in [0.15, 0.2) is 52.8 Å². The van der Waals surface area contributed by atoms with Crippen LogP contribution >= 0.6 is 34.4 Å². The van der Waals surface area contributed by atoms with Crippen LogP contribution in [0, 0.1) is 5.92 Å². The van der Waals surface area contributed by atoms with Crippen LogP contribution in [-0.2, 0) is 20.7 Å². The highest BCUT2D eigenvalue weighted by Crippen LogP contribution is 2.43. The fourth-order valence-corrected chi connectivity index (χ4v) is 7.92. The zero-order chi connectivity index (χ0) is 29.9. The number of hydrogen-bond donors (Lipinski definition) is 3. The zero-order valence-electron chi connectivity index (χ0n) is 23.5. The number of hydrogen-bond acceptors (Lipinski definition) is 10. The number of ether oxygens (including phenoxy) is 1. The summed E-state index contributed by atoms with van der Waals surface area (Å²) in [4.78, 5) is 50.7. The van der Waals surface area contributed by atoms with Crippen LogP contribution < -0.4 is 10.8 Å². The van der Waals surface area contributed by atoms with Crippen LogP contribution in [0.4, 0.5) is 9.93 Å². The summed E-state index contributed by atoms with van der Waals surface area (Å²) >= 11 is 4.26. The van der Waals surface area contributed by atoms with Crippen molar-refractivity contribution in [2.75, 3.05) is 18.4 Å². The number of nitrogens with one attached hydrogen (secondary N) is 2. The molecule has 1 aromatic carbocycles. The number of piperidine rings is 1. The van der Waals surface area contributed by atoms with Gasteiger partial charge in [-0.15, -0.1) is 22.7 Å². The molecule has 10 nitrogen and oxygen atoms in total. The van der Waals surface area contributed by atoms with Crippen LogP contribution in [0.3, 0.4) is 0 Å². The van der Waals surface area contributed by atoms with E-state index in [2.05, 4.69) is 10.3 Å². The van der Waals surface area contributed by atoms with E-state index in [0.29, 0.717) is 23.9 Å². The Balaban J connectivity index is 1.25. The van der Waals surface area contributed by atoms with Gasteiger partial charge in [0.1, 0.15) is 10.9 Å². The Labute approximate surface area is 256 Å². The molecule has 1 saturated heterocycles. The number of amides is 3. The number of thioether (sulfide) groups is 1. The van der Waals surface area contributed by atoms with Gasteiger partial charge in [-0.3, -0.25) is 19.8 Å². The summed E-state index contributed by atoms with van der Waals surface area (Å²) in [5.74, 6) is -0.469. The molecule has 2 aromatic heterocycles. The number of carbonyl (C=O) groups excluding carboxylic acids is 3. The van der Waals surface area contributed by atoms with Gasteiger partial charge in [-0.2, -0.15) is 0 Å². The van der Waals surface area contributed by atoms with E-state index in [1.165, 1.54) is 34.4 Å². The minimum Gasteiger partial charge on any atom is -0.444 e. The van der Waals surface area contributed by atoms with Gasteiger partial charge in [-0.25, -0.2) is 15.3 Å².